The highest BCUT2D eigenvalue weighted by molar-refractivity contribution is 5.95. The Bertz CT molecular complexity index is 503. The topological polar surface area (TPSA) is 61.4 Å². The van der Waals surface area contributed by atoms with Crippen molar-refractivity contribution in [3.8, 4) is 0 Å². The van der Waals surface area contributed by atoms with Gasteiger partial charge < -0.3 is 15.5 Å². The summed E-state index contributed by atoms with van der Waals surface area (Å²) in [6.45, 7) is 4.06. The molecule has 2 N–H and O–H groups in total. The maximum Gasteiger partial charge on any atom is 0.253 e. The summed E-state index contributed by atoms with van der Waals surface area (Å²) in [5.41, 5.74) is 1.39. The molecule has 0 bridgehead atoms. The molecule has 1 aromatic carbocycles. The SMILES string of the molecule is CNCC1CCCN(C(=O)c2ccc(NC(C)=O)cc2)C1.Cl. The lowest BCUT2D eigenvalue weighted by molar-refractivity contribution is -0.114. The second kappa shape index (κ2) is 8.76. The van der Waals surface area contributed by atoms with E-state index in [9.17, 15) is 9.59 Å². The number of amides is 2. The summed E-state index contributed by atoms with van der Waals surface area (Å²) in [5.74, 6) is 0.497. The van der Waals surface area contributed by atoms with E-state index in [1.165, 1.54) is 13.3 Å². The van der Waals surface area contributed by atoms with Crippen LogP contribution in [0.4, 0.5) is 5.69 Å². The van der Waals surface area contributed by atoms with Crippen LogP contribution >= 0.6 is 12.4 Å². The maximum absolute atomic E-state index is 12.5. The van der Waals surface area contributed by atoms with Crippen LogP contribution in [0.5, 0.6) is 0 Å². The summed E-state index contributed by atoms with van der Waals surface area (Å²) in [4.78, 5) is 25.4. The van der Waals surface area contributed by atoms with Crippen LogP contribution < -0.4 is 10.6 Å². The largest absolute Gasteiger partial charge is 0.338 e. The Morgan fingerprint density at radius 3 is 2.55 bits per heavy atom. The zero-order valence-corrected chi connectivity index (χ0v) is 13.9. The first kappa shape index (κ1) is 18.5. The predicted octanol–water partition coefficient (Wildman–Crippen LogP) is 2.14. The minimum Gasteiger partial charge on any atom is -0.338 e. The van der Waals surface area contributed by atoms with Crippen molar-refractivity contribution in [1.82, 2.24) is 10.2 Å². The molecule has 1 aromatic rings. The van der Waals surface area contributed by atoms with Crippen molar-refractivity contribution in [2.24, 2.45) is 5.92 Å². The van der Waals surface area contributed by atoms with Crippen LogP contribution in [-0.2, 0) is 4.79 Å². The Morgan fingerprint density at radius 1 is 1.27 bits per heavy atom. The monoisotopic (exact) mass is 325 g/mol. The minimum atomic E-state index is -0.111. The van der Waals surface area contributed by atoms with Gasteiger partial charge in [-0.2, -0.15) is 0 Å². The Morgan fingerprint density at radius 2 is 1.95 bits per heavy atom. The first-order valence-corrected chi connectivity index (χ1v) is 7.41. The molecule has 0 aliphatic carbocycles. The average Bonchev–Trinajstić information content (AvgIpc) is 2.47. The summed E-state index contributed by atoms with van der Waals surface area (Å²) < 4.78 is 0. The molecule has 0 saturated carbocycles. The smallest absolute Gasteiger partial charge is 0.253 e. The number of carbonyl (C=O) groups excluding carboxylic acids is 2. The van der Waals surface area contributed by atoms with Gasteiger partial charge in [0, 0.05) is 31.3 Å². The lowest BCUT2D eigenvalue weighted by atomic mass is 9.97. The fourth-order valence-corrected chi connectivity index (χ4v) is 2.79. The van der Waals surface area contributed by atoms with Gasteiger partial charge in [-0.05, 0) is 56.6 Å². The Balaban J connectivity index is 0.00000242. The number of piperidine rings is 1. The van der Waals surface area contributed by atoms with Crippen molar-refractivity contribution in [2.75, 3.05) is 32.0 Å². The summed E-state index contributed by atoms with van der Waals surface area (Å²) in [5, 5.41) is 5.89. The molecule has 1 saturated heterocycles. The van der Waals surface area contributed by atoms with Gasteiger partial charge in [-0.1, -0.05) is 0 Å². The van der Waals surface area contributed by atoms with Crippen molar-refractivity contribution in [3.05, 3.63) is 29.8 Å². The molecule has 1 unspecified atom stereocenters. The van der Waals surface area contributed by atoms with Gasteiger partial charge in [0.2, 0.25) is 5.91 Å². The van der Waals surface area contributed by atoms with E-state index in [1.54, 1.807) is 24.3 Å². The second-order valence-electron chi connectivity index (χ2n) is 5.58. The fourth-order valence-electron chi connectivity index (χ4n) is 2.79. The molecule has 2 amide bonds. The number of likely N-dealkylation sites (tertiary alicyclic amines) is 1. The van der Waals surface area contributed by atoms with Gasteiger partial charge in [-0.15, -0.1) is 12.4 Å². The van der Waals surface area contributed by atoms with Crippen LogP contribution in [0.3, 0.4) is 0 Å². The first-order chi connectivity index (χ1) is 10.1. The van der Waals surface area contributed by atoms with E-state index in [4.69, 9.17) is 0 Å². The number of carbonyl (C=O) groups is 2. The van der Waals surface area contributed by atoms with Crippen LogP contribution in [0, 0.1) is 5.92 Å². The van der Waals surface area contributed by atoms with E-state index in [1.807, 2.05) is 11.9 Å². The molecule has 1 fully saturated rings. The molecule has 5 nitrogen and oxygen atoms in total. The van der Waals surface area contributed by atoms with E-state index in [2.05, 4.69) is 10.6 Å². The highest BCUT2D eigenvalue weighted by Gasteiger charge is 2.23. The molecule has 0 radical (unpaired) electrons. The number of nitrogens with one attached hydrogen (secondary N) is 2. The first-order valence-electron chi connectivity index (χ1n) is 7.41. The molecule has 1 heterocycles. The molecule has 1 aliphatic rings. The van der Waals surface area contributed by atoms with E-state index in [0.29, 0.717) is 17.2 Å². The maximum atomic E-state index is 12.5. The number of nitrogens with zero attached hydrogens (tertiary/aromatic N) is 1. The lowest BCUT2D eigenvalue weighted by Crippen LogP contribution is -2.42. The molecular formula is C16H24ClN3O2. The quantitative estimate of drug-likeness (QED) is 0.891. The molecule has 1 aliphatic heterocycles. The summed E-state index contributed by atoms with van der Waals surface area (Å²) in [6.07, 6.45) is 2.23. The van der Waals surface area contributed by atoms with Crippen LogP contribution in [0.2, 0.25) is 0 Å². The molecule has 6 heteroatoms. The van der Waals surface area contributed by atoms with Crippen molar-refractivity contribution in [3.63, 3.8) is 0 Å². The molecule has 1 atom stereocenters. The van der Waals surface area contributed by atoms with Crippen molar-refractivity contribution in [1.29, 1.82) is 0 Å². The Labute approximate surface area is 137 Å². The Hall–Kier alpha value is -1.59. The molecule has 0 aromatic heterocycles. The van der Waals surface area contributed by atoms with E-state index < -0.39 is 0 Å². The van der Waals surface area contributed by atoms with Gasteiger partial charge >= 0.3 is 0 Å². The number of benzene rings is 1. The number of halogens is 1. The van der Waals surface area contributed by atoms with Gasteiger partial charge in [0.05, 0.1) is 0 Å². The Kier molecular flexibility index (Phi) is 7.35. The van der Waals surface area contributed by atoms with Gasteiger partial charge in [0.1, 0.15) is 0 Å². The summed E-state index contributed by atoms with van der Waals surface area (Å²) >= 11 is 0. The summed E-state index contributed by atoms with van der Waals surface area (Å²) in [6, 6.07) is 7.08. The van der Waals surface area contributed by atoms with Crippen molar-refractivity contribution >= 4 is 29.9 Å². The van der Waals surface area contributed by atoms with E-state index in [0.717, 1.165) is 26.1 Å². The molecular weight excluding hydrogens is 302 g/mol. The molecule has 22 heavy (non-hydrogen) atoms. The van der Waals surface area contributed by atoms with Crippen LogP contribution in [-0.4, -0.2) is 43.4 Å². The standard InChI is InChI=1S/C16H23N3O2.ClH/c1-12(20)18-15-7-5-14(6-8-15)16(21)19-9-3-4-13(11-19)10-17-2;/h5-8,13,17H,3-4,9-11H2,1-2H3,(H,18,20);1H. The van der Waals surface area contributed by atoms with E-state index >= 15 is 0 Å². The van der Waals surface area contributed by atoms with Crippen molar-refractivity contribution < 1.29 is 9.59 Å². The average molecular weight is 326 g/mol. The van der Waals surface area contributed by atoms with Gasteiger partial charge in [-0.25, -0.2) is 0 Å². The van der Waals surface area contributed by atoms with Gasteiger partial charge in [-0.3, -0.25) is 9.59 Å². The van der Waals surface area contributed by atoms with Gasteiger partial charge in [0.15, 0.2) is 0 Å². The van der Waals surface area contributed by atoms with Gasteiger partial charge in [0.25, 0.3) is 5.91 Å². The molecule has 0 spiro atoms. The fraction of sp³-hybridized carbons (Fsp3) is 0.500. The number of rotatable bonds is 4. The van der Waals surface area contributed by atoms with Crippen LogP contribution in [0.1, 0.15) is 30.1 Å². The third-order valence-corrected chi connectivity index (χ3v) is 3.75. The molecule has 2 rings (SSSR count). The zero-order valence-electron chi connectivity index (χ0n) is 13.1. The third-order valence-electron chi connectivity index (χ3n) is 3.75. The van der Waals surface area contributed by atoms with Crippen LogP contribution in [0.15, 0.2) is 24.3 Å². The molecule has 122 valence electrons. The number of anilines is 1. The normalized spacial score (nSPS) is 17.5. The van der Waals surface area contributed by atoms with Crippen molar-refractivity contribution in [2.45, 2.75) is 19.8 Å². The highest BCUT2D eigenvalue weighted by atomic mass is 35.5. The zero-order chi connectivity index (χ0) is 15.2. The second-order valence-corrected chi connectivity index (χ2v) is 5.58. The van der Waals surface area contributed by atoms with Crippen LogP contribution in [0.25, 0.3) is 0 Å². The third kappa shape index (κ3) is 5.00. The number of hydrogen-bond donors (Lipinski definition) is 2. The summed E-state index contributed by atoms with van der Waals surface area (Å²) in [7, 11) is 1.95. The predicted molar refractivity (Wildman–Crippen MR) is 90.5 cm³/mol. The number of hydrogen-bond acceptors (Lipinski definition) is 3. The minimum absolute atomic E-state index is 0. The highest BCUT2D eigenvalue weighted by Crippen LogP contribution is 2.19. The van der Waals surface area contributed by atoms with E-state index in [-0.39, 0.29) is 24.2 Å². The lowest BCUT2D eigenvalue weighted by Gasteiger charge is -2.32.